The summed E-state index contributed by atoms with van der Waals surface area (Å²) in [5.41, 5.74) is 0. The molecule has 0 atom stereocenters. The maximum Gasteiger partial charge on any atom is 0.150 e. The molecule has 0 fully saturated rings. The molecular weight excluding hydrogens is 218 g/mol. The maximum atomic E-state index is 4.40. The van der Waals surface area contributed by atoms with Gasteiger partial charge in [-0.05, 0) is 0 Å². The molecule has 0 aromatic carbocycles. The second kappa shape index (κ2) is 4.60. The Balaban J connectivity index is 2.84. The van der Waals surface area contributed by atoms with Crippen LogP contribution in [0.1, 0.15) is 25.5 Å². The van der Waals surface area contributed by atoms with Gasteiger partial charge in [0.15, 0.2) is 5.82 Å². The molecule has 0 amide bonds. The molecule has 1 aromatic rings. The minimum absolute atomic E-state index is 0.913. The van der Waals surface area contributed by atoms with E-state index in [9.17, 15) is 0 Å². The van der Waals surface area contributed by atoms with Gasteiger partial charge in [0, 0.05) is 18.2 Å². The van der Waals surface area contributed by atoms with E-state index in [1.165, 1.54) is 0 Å². The molecule has 3 nitrogen and oxygen atoms in total. The topological polar surface area (TPSA) is 30.7 Å². The first-order valence-corrected chi connectivity index (χ1v) is 5.42. The van der Waals surface area contributed by atoms with Gasteiger partial charge in [-0.2, -0.15) is 5.10 Å². The largest absolute Gasteiger partial charge is 0.249 e. The van der Waals surface area contributed by atoms with Gasteiger partial charge in [0.1, 0.15) is 5.82 Å². The second-order valence-corrected chi connectivity index (χ2v) is 3.36. The first kappa shape index (κ1) is 9.71. The van der Waals surface area contributed by atoms with E-state index in [-0.39, 0.29) is 0 Å². The normalized spacial score (nSPS) is 10.6. The number of halogens is 1. The van der Waals surface area contributed by atoms with Crippen LogP contribution in [0.4, 0.5) is 0 Å². The molecule has 0 aliphatic carbocycles. The summed E-state index contributed by atoms with van der Waals surface area (Å²) in [6.45, 7) is 5.09. The fourth-order valence-electron chi connectivity index (χ4n) is 1.10. The van der Waals surface area contributed by atoms with E-state index in [2.05, 4.69) is 39.9 Å². The first-order chi connectivity index (χ1) is 5.81. The monoisotopic (exact) mass is 231 g/mol. The number of hydrogen-bond donors (Lipinski definition) is 0. The molecule has 0 saturated carbocycles. The van der Waals surface area contributed by atoms with Crippen LogP contribution in [-0.2, 0) is 19.4 Å². The molecule has 68 valence electrons. The highest BCUT2D eigenvalue weighted by Crippen LogP contribution is 2.01. The molecule has 0 radical (unpaired) electrons. The first-order valence-electron chi connectivity index (χ1n) is 4.30. The van der Waals surface area contributed by atoms with E-state index in [0.717, 1.165) is 36.4 Å². The van der Waals surface area contributed by atoms with Gasteiger partial charge < -0.3 is 0 Å². The average Bonchev–Trinajstić information content (AvgIpc) is 2.48. The van der Waals surface area contributed by atoms with Crippen molar-refractivity contribution in [3.63, 3.8) is 0 Å². The zero-order chi connectivity index (χ0) is 8.97. The molecule has 0 N–H and O–H groups in total. The molecule has 0 saturated heterocycles. The van der Waals surface area contributed by atoms with Crippen molar-refractivity contribution in [3.8, 4) is 0 Å². The average molecular weight is 232 g/mol. The second-order valence-electron chi connectivity index (χ2n) is 2.56. The molecule has 0 unspecified atom stereocenters. The van der Waals surface area contributed by atoms with Crippen LogP contribution in [0.25, 0.3) is 0 Å². The van der Waals surface area contributed by atoms with E-state index in [0.29, 0.717) is 0 Å². The van der Waals surface area contributed by atoms with Crippen molar-refractivity contribution in [1.29, 1.82) is 0 Å². The van der Waals surface area contributed by atoms with Gasteiger partial charge in [0.25, 0.3) is 0 Å². The van der Waals surface area contributed by atoms with Crippen molar-refractivity contribution in [2.45, 2.75) is 33.2 Å². The molecule has 4 heteroatoms. The molecule has 1 heterocycles. The number of rotatable bonds is 4. The van der Waals surface area contributed by atoms with Crippen molar-refractivity contribution in [2.24, 2.45) is 0 Å². The lowest BCUT2D eigenvalue weighted by Gasteiger charge is -1.99. The van der Waals surface area contributed by atoms with Crippen LogP contribution >= 0.6 is 15.9 Å². The summed E-state index contributed by atoms with van der Waals surface area (Å²) in [5.74, 6) is 2.04. The lowest BCUT2D eigenvalue weighted by Crippen LogP contribution is -2.05. The van der Waals surface area contributed by atoms with Crippen molar-refractivity contribution in [1.82, 2.24) is 14.8 Å². The molecule has 1 aromatic heterocycles. The number of aryl methyl sites for hydroxylation is 3. The predicted molar refractivity (Wildman–Crippen MR) is 52.6 cm³/mol. The van der Waals surface area contributed by atoms with Gasteiger partial charge in [-0.15, -0.1) is 0 Å². The standard InChI is InChI=1S/C8H14BrN3/c1-3-7-10-8(4-2)12(11-7)6-5-9/h3-6H2,1-2H3. The van der Waals surface area contributed by atoms with Crippen molar-refractivity contribution in [3.05, 3.63) is 11.6 Å². The molecule has 0 bridgehead atoms. The van der Waals surface area contributed by atoms with Gasteiger partial charge >= 0.3 is 0 Å². The van der Waals surface area contributed by atoms with Crippen LogP contribution in [0.15, 0.2) is 0 Å². The highest BCUT2D eigenvalue weighted by molar-refractivity contribution is 9.09. The van der Waals surface area contributed by atoms with Crippen LogP contribution in [-0.4, -0.2) is 20.1 Å². The molecule has 1 rings (SSSR count). The summed E-state index contributed by atoms with van der Waals surface area (Å²) in [6, 6.07) is 0. The molecule has 0 spiro atoms. The van der Waals surface area contributed by atoms with Gasteiger partial charge in [-0.25, -0.2) is 9.67 Å². The summed E-state index contributed by atoms with van der Waals surface area (Å²) in [5, 5.41) is 5.30. The van der Waals surface area contributed by atoms with Crippen molar-refractivity contribution < 1.29 is 0 Å². The number of alkyl halides is 1. The number of hydrogen-bond acceptors (Lipinski definition) is 2. The summed E-state index contributed by atoms with van der Waals surface area (Å²) in [4.78, 5) is 4.40. The fourth-order valence-corrected chi connectivity index (χ4v) is 1.43. The Bertz CT molecular complexity index is 244. The Morgan fingerprint density at radius 3 is 2.58 bits per heavy atom. The van der Waals surface area contributed by atoms with Gasteiger partial charge in [-0.1, -0.05) is 29.8 Å². The Kier molecular flexibility index (Phi) is 3.72. The third kappa shape index (κ3) is 2.06. The highest BCUT2D eigenvalue weighted by Gasteiger charge is 2.04. The van der Waals surface area contributed by atoms with Gasteiger partial charge in [0.2, 0.25) is 0 Å². The summed E-state index contributed by atoms with van der Waals surface area (Å²) >= 11 is 3.39. The Morgan fingerprint density at radius 2 is 2.08 bits per heavy atom. The maximum absolute atomic E-state index is 4.40. The third-order valence-electron chi connectivity index (χ3n) is 1.72. The third-order valence-corrected chi connectivity index (χ3v) is 2.08. The van der Waals surface area contributed by atoms with Crippen LogP contribution in [0.5, 0.6) is 0 Å². The highest BCUT2D eigenvalue weighted by atomic mass is 79.9. The zero-order valence-corrected chi connectivity index (χ0v) is 9.13. The summed E-state index contributed by atoms with van der Waals surface area (Å²) in [7, 11) is 0. The van der Waals surface area contributed by atoms with Crippen LogP contribution < -0.4 is 0 Å². The SMILES string of the molecule is CCc1nc(CC)n(CCBr)n1. The molecule has 0 aliphatic rings. The zero-order valence-electron chi connectivity index (χ0n) is 7.55. The Labute approximate surface area is 81.3 Å². The quantitative estimate of drug-likeness (QED) is 0.741. The van der Waals surface area contributed by atoms with Crippen LogP contribution in [0.2, 0.25) is 0 Å². The Hall–Kier alpha value is -0.380. The lowest BCUT2D eigenvalue weighted by molar-refractivity contribution is 0.622. The van der Waals surface area contributed by atoms with Crippen LogP contribution in [0, 0.1) is 0 Å². The van der Waals surface area contributed by atoms with Crippen LogP contribution in [0.3, 0.4) is 0 Å². The van der Waals surface area contributed by atoms with E-state index >= 15 is 0 Å². The van der Waals surface area contributed by atoms with Crippen molar-refractivity contribution >= 4 is 15.9 Å². The molecule has 12 heavy (non-hydrogen) atoms. The van der Waals surface area contributed by atoms with E-state index in [4.69, 9.17) is 0 Å². The number of nitrogens with zero attached hydrogens (tertiary/aromatic N) is 3. The summed E-state index contributed by atoms with van der Waals surface area (Å²) in [6.07, 6.45) is 1.88. The Morgan fingerprint density at radius 1 is 1.33 bits per heavy atom. The van der Waals surface area contributed by atoms with E-state index in [1.54, 1.807) is 0 Å². The minimum atomic E-state index is 0.913. The number of aromatic nitrogens is 3. The van der Waals surface area contributed by atoms with E-state index in [1.807, 2.05) is 4.68 Å². The lowest BCUT2D eigenvalue weighted by atomic mass is 10.4. The fraction of sp³-hybridized carbons (Fsp3) is 0.750. The van der Waals surface area contributed by atoms with Crippen molar-refractivity contribution in [2.75, 3.05) is 5.33 Å². The molecule has 0 aliphatic heterocycles. The van der Waals surface area contributed by atoms with Gasteiger partial charge in [0.05, 0.1) is 6.54 Å². The smallest absolute Gasteiger partial charge is 0.150 e. The molecular formula is C8H14BrN3. The summed E-state index contributed by atoms with van der Waals surface area (Å²) < 4.78 is 1.98. The van der Waals surface area contributed by atoms with Gasteiger partial charge in [-0.3, -0.25) is 0 Å². The van der Waals surface area contributed by atoms with E-state index < -0.39 is 0 Å². The minimum Gasteiger partial charge on any atom is -0.249 e. The predicted octanol–water partition coefficient (Wildman–Crippen LogP) is 1.80.